The maximum atomic E-state index is 12.0. The molecule has 0 bridgehead atoms. The average Bonchev–Trinajstić information content (AvgIpc) is 2.53. The van der Waals surface area contributed by atoms with Gasteiger partial charge in [-0.1, -0.05) is 24.3 Å². The summed E-state index contributed by atoms with van der Waals surface area (Å²) >= 11 is 0. The highest BCUT2D eigenvalue weighted by Crippen LogP contribution is 2.13. The van der Waals surface area contributed by atoms with Crippen LogP contribution in [0.4, 0.5) is 0 Å². The molecule has 0 fully saturated rings. The minimum absolute atomic E-state index is 0.228. The molecule has 0 saturated carbocycles. The zero-order valence-corrected chi connectivity index (χ0v) is 12.2. The Labute approximate surface area is 128 Å². The van der Waals surface area contributed by atoms with E-state index >= 15 is 0 Å². The number of carbonyl (C=O) groups is 2. The molecule has 6 nitrogen and oxygen atoms in total. The van der Waals surface area contributed by atoms with Crippen LogP contribution in [0.3, 0.4) is 0 Å². The first kappa shape index (κ1) is 15.9. The lowest BCUT2D eigenvalue weighted by atomic mass is 10.1. The maximum absolute atomic E-state index is 12.0. The molecule has 2 aromatic rings. The van der Waals surface area contributed by atoms with Gasteiger partial charge in [0.15, 0.2) is 0 Å². The van der Waals surface area contributed by atoms with Gasteiger partial charge in [-0.25, -0.2) is 0 Å². The van der Waals surface area contributed by atoms with E-state index in [0.29, 0.717) is 31.5 Å². The molecule has 1 amide bonds. The summed E-state index contributed by atoms with van der Waals surface area (Å²) in [5.74, 6) is -1.22. The summed E-state index contributed by atoms with van der Waals surface area (Å²) in [6.45, 7) is 0.472. The third kappa shape index (κ3) is 4.26. The Kier molecular flexibility index (Phi) is 5.43. The molecule has 0 aliphatic carbocycles. The fourth-order valence-electron chi connectivity index (χ4n) is 2.11. The van der Waals surface area contributed by atoms with E-state index in [4.69, 9.17) is 10.8 Å². The van der Waals surface area contributed by atoms with Crippen LogP contribution in [-0.2, 0) is 4.79 Å². The Morgan fingerprint density at radius 2 is 1.95 bits per heavy atom. The number of rotatable bonds is 7. The van der Waals surface area contributed by atoms with Crippen LogP contribution >= 0.6 is 0 Å². The van der Waals surface area contributed by atoms with Gasteiger partial charge >= 0.3 is 5.97 Å². The van der Waals surface area contributed by atoms with E-state index in [2.05, 4.69) is 10.3 Å². The van der Waals surface area contributed by atoms with Gasteiger partial charge in [0.2, 0.25) is 0 Å². The third-order valence-corrected chi connectivity index (χ3v) is 3.41. The monoisotopic (exact) mass is 301 g/mol. The largest absolute Gasteiger partial charge is 0.480 e. The molecule has 0 radical (unpaired) electrons. The number of aliphatic carboxylic acids is 1. The molecule has 22 heavy (non-hydrogen) atoms. The van der Waals surface area contributed by atoms with Crippen LogP contribution in [0.25, 0.3) is 10.8 Å². The minimum Gasteiger partial charge on any atom is -0.480 e. The molecule has 0 aliphatic heterocycles. The lowest BCUT2D eigenvalue weighted by Crippen LogP contribution is -2.30. The van der Waals surface area contributed by atoms with Crippen LogP contribution < -0.4 is 11.1 Å². The quantitative estimate of drug-likeness (QED) is 0.673. The van der Waals surface area contributed by atoms with Gasteiger partial charge in [-0.2, -0.15) is 0 Å². The number of carboxylic acid groups (broad SMARTS) is 1. The van der Waals surface area contributed by atoms with Crippen molar-refractivity contribution in [2.24, 2.45) is 5.73 Å². The topological polar surface area (TPSA) is 105 Å². The van der Waals surface area contributed by atoms with Crippen molar-refractivity contribution >= 4 is 22.6 Å². The summed E-state index contributed by atoms with van der Waals surface area (Å²) in [5, 5.41) is 13.4. The van der Waals surface area contributed by atoms with Crippen LogP contribution in [-0.4, -0.2) is 34.6 Å². The van der Waals surface area contributed by atoms with Crippen molar-refractivity contribution in [2.75, 3.05) is 6.54 Å². The zero-order chi connectivity index (χ0) is 15.9. The lowest BCUT2D eigenvalue weighted by Gasteiger charge is -2.07. The number of nitrogens with zero attached hydrogens (tertiary/aromatic N) is 1. The molecule has 0 spiro atoms. The molecule has 116 valence electrons. The fraction of sp³-hybridized carbons (Fsp3) is 0.312. The number of pyridine rings is 1. The molecule has 2 rings (SSSR count). The van der Waals surface area contributed by atoms with Crippen LogP contribution in [0.2, 0.25) is 0 Å². The van der Waals surface area contributed by atoms with Crippen molar-refractivity contribution in [3.63, 3.8) is 0 Å². The van der Waals surface area contributed by atoms with Crippen molar-refractivity contribution in [3.05, 3.63) is 42.2 Å². The number of fused-ring (bicyclic) bond motifs is 1. The van der Waals surface area contributed by atoms with E-state index in [1.54, 1.807) is 12.3 Å². The number of unbranched alkanes of at least 4 members (excludes halogenated alkanes) is 1. The molecule has 1 atom stereocenters. The summed E-state index contributed by atoms with van der Waals surface area (Å²) in [4.78, 5) is 26.7. The molecule has 1 aromatic carbocycles. The molecular weight excluding hydrogens is 282 g/mol. The van der Waals surface area contributed by atoms with E-state index in [0.717, 1.165) is 10.8 Å². The highest BCUT2D eigenvalue weighted by molar-refractivity contribution is 5.96. The van der Waals surface area contributed by atoms with E-state index in [9.17, 15) is 9.59 Å². The highest BCUT2D eigenvalue weighted by Gasteiger charge is 2.11. The van der Waals surface area contributed by atoms with Gasteiger partial charge in [-0.3, -0.25) is 14.6 Å². The van der Waals surface area contributed by atoms with Gasteiger partial charge in [0.1, 0.15) is 11.7 Å². The highest BCUT2D eigenvalue weighted by atomic mass is 16.4. The molecule has 0 unspecified atom stereocenters. The minimum atomic E-state index is -0.996. The first-order valence-corrected chi connectivity index (χ1v) is 7.19. The van der Waals surface area contributed by atoms with Crippen molar-refractivity contribution in [2.45, 2.75) is 25.3 Å². The Morgan fingerprint density at radius 3 is 2.68 bits per heavy atom. The number of amides is 1. The summed E-state index contributed by atoms with van der Waals surface area (Å²) in [6.07, 6.45) is 3.41. The number of benzene rings is 1. The van der Waals surface area contributed by atoms with Crippen molar-refractivity contribution < 1.29 is 14.7 Å². The lowest BCUT2D eigenvalue weighted by molar-refractivity contribution is -0.138. The molecule has 0 saturated heterocycles. The number of nitrogens with two attached hydrogens (primary N) is 1. The average molecular weight is 301 g/mol. The number of carboxylic acids is 1. The normalized spacial score (nSPS) is 12.0. The first-order chi connectivity index (χ1) is 10.6. The van der Waals surface area contributed by atoms with Crippen LogP contribution in [0, 0.1) is 0 Å². The second kappa shape index (κ2) is 7.51. The van der Waals surface area contributed by atoms with E-state index in [-0.39, 0.29) is 5.91 Å². The Morgan fingerprint density at radius 1 is 1.23 bits per heavy atom. The van der Waals surface area contributed by atoms with Gasteiger partial charge < -0.3 is 16.2 Å². The number of hydrogen-bond acceptors (Lipinski definition) is 4. The van der Waals surface area contributed by atoms with Gasteiger partial charge in [0, 0.05) is 18.1 Å². The number of aromatic nitrogens is 1. The number of nitrogens with one attached hydrogen (secondary N) is 1. The molecule has 4 N–H and O–H groups in total. The van der Waals surface area contributed by atoms with Crippen LogP contribution in [0.5, 0.6) is 0 Å². The maximum Gasteiger partial charge on any atom is 0.320 e. The van der Waals surface area contributed by atoms with Crippen molar-refractivity contribution in [1.29, 1.82) is 0 Å². The molecular formula is C16H19N3O3. The molecule has 6 heteroatoms. The Hall–Kier alpha value is -2.47. The number of hydrogen-bond donors (Lipinski definition) is 3. The first-order valence-electron chi connectivity index (χ1n) is 7.19. The van der Waals surface area contributed by atoms with Crippen LogP contribution in [0.15, 0.2) is 36.5 Å². The van der Waals surface area contributed by atoms with E-state index in [1.807, 2.05) is 24.3 Å². The predicted molar refractivity (Wildman–Crippen MR) is 83.5 cm³/mol. The van der Waals surface area contributed by atoms with E-state index < -0.39 is 12.0 Å². The van der Waals surface area contributed by atoms with Crippen LogP contribution in [0.1, 0.15) is 29.8 Å². The fourth-order valence-corrected chi connectivity index (χ4v) is 2.11. The summed E-state index contributed by atoms with van der Waals surface area (Å²) in [5.41, 5.74) is 5.78. The van der Waals surface area contributed by atoms with Gasteiger partial charge in [-0.15, -0.1) is 0 Å². The zero-order valence-electron chi connectivity index (χ0n) is 12.2. The number of carbonyl (C=O) groups excluding carboxylic acids is 1. The molecule has 1 heterocycles. The summed E-state index contributed by atoms with van der Waals surface area (Å²) in [6, 6.07) is 8.63. The Bertz CT molecular complexity index is 672. The SMILES string of the molecule is N[C@@H](CCCCNC(=O)c1cc2ccccc2cn1)C(=O)O. The third-order valence-electron chi connectivity index (χ3n) is 3.41. The predicted octanol–water partition coefficient (Wildman–Crippen LogP) is 1.55. The van der Waals surface area contributed by atoms with Crippen molar-refractivity contribution in [1.82, 2.24) is 10.3 Å². The Balaban J connectivity index is 1.80. The second-order valence-corrected chi connectivity index (χ2v) is 5.11. The standard InChI is InChI=1S/C16H19N3O3/c17-13(16(21)22)7-3-4-8-18-15(20)14-9-11-5-1-2-6-12(11)10-19-14/h1-2,5-6,9-10,13H,3-4,7-8,17H2,(H,18,20)(H,21,22)/t13-/m0/s1. The summed E-state index contributed by atoms with van der Waals surface area (Å²) < 4.78 is 0. The second-order valence-electron chi connectivity index (χ2n) is 5.11. The smallest absolute Gasteiger partial charge is 0.320 e. The van der Waals surface area contributed by atoms with Gasteiger partial charge in [0.05, 0.1) is 0 Å². The van der Waals surface area contributed by atoms with Gasteiger partial charge in [-0.05, 0) is 30.7 Å². The molecule has 1 aromatic heterocycles. The van der Waals surface area contributed by atoms with Crippen molar-refractivity contribution in [3.8, 4) is 0 Å². The van der Waals surface area contributed by atoms with E-state index in [1.165, 1.54) is 0 Å². The summed E-state index contributed by atoms with van der Waals surface area (Å²) in [7, 11) is 0. The van der Waals surface area contributed by atoms with Gasteiger partial charge in [0.25, 0.3) is 5.91 Å². The molecule has 0 aliphatic rings.